The molecule has 0 aliphatic heterocycles. The van der Waals surface area contributed by atoms with Gasteiger partial charge in [-0.15, -0.1) is 0 Å². The minimum absolute atomic E-state index is 0.0514. The van der Waals surface area contributed by atoms with E-state index in [0.29, 0.717) is 5.75 Å². The van der Waals surface area contributed by atoms with Crippen LogP contribution in [0.25, 0.3) is 0 Å². The average molecular weight is 287 g/mol. The van der Waals surface area contributed by atoms with Crippen molar-refractivity contribution in [1.82, 2.24) is 9.97 Å². The Hall–Kier alpha value is -2.30. The smallest absolute Gasteiger partial charge is 0.162 e. The van der Waals surface area contributed by atoms with Gasteiger partial charge in [-0.25, -0.2) is 0 Å². The number of rotatable bonds is 5. The van der Waals surface area contributed by atoms with E-state index in [1.54, 1.807) is 26.6 Å². The first-order valence-corrected chi connectivity index (χ1v) is 6.83. The van der Waals surface area contributed by atoms with Gasteiger partial charge in [-0.2, -0.15) is 0 Å². The lowest BCUT2D eigenvalue weighted by molar-refractivity contribution is 0.355. The fourth-order valence-corrected chi connectivity index (χ4v) is 2.28. The number of aromatic nitrogens is 2. The molecule has 0 fully saturated rings. The second-order valence-corrected chi connectivity index (χ2v) is 4.92. The maximum Gasteiger partial charge on any atom is 0.162 e. The maximum absolute atomic E-state index is 5.35. The molecule has 0 amide bonds. The average Bonchev–Trinajstić information content (AvgIpc) is 2.49. The van der Waals surface area contributed by atoms with Crippen molar-refractivity contribution in [1.29, 1.82) is 0 Å². The van der Waals surface area contributed by atoms with Crippen molar-refractivity contribution in [2.24, 2.45) is 0 Å². The van der Waals surface area contributed by atoms with Crippen LogP contribution in [-0.4, -0.2) is 24.2 Å². The minimum atomic E-state index is 0.0514. The van der Waals surface area contributed by atoms with Gasteiger partial charge in [0.25, 0.3) is 0 Å². The number of anilines is 1. The van der Waals surface area contributed by atoms with Crippen molar-refractivity contribution in [3.05, 3.63) is 41.5 Å². The van der Waals surface area contributed by atoms with Gasteiger partial charge >= 0.3 is 0 Å². The third-order valence-corrected chi connectivity index (χ3v) is 3.43. The predicted octanol–water partition coefficient (Wildman–Crippen LogP) is 3.28. The first-order valence-electron chi connectivity index (χ1n) is 6.83. The Labute approximate surface area is 125 Å². The van der Waals surface area contributed by atoms with Gasteiger partial charge in [-0.05, 0) is 32.4 Å². The van der Waals surface area contributed by atoms with Gasteiger partial charge in [-0.3, -0.25) is 9.97 Å². The summed E-state index contributed by atoms with van der Waals surface area (Å²) < 4.78 is 10.7. The van der Waals surface area contributed by atoms with Gasteiger partial charge in [0, 0.05) is 24.1 Å². The van der Waals surface area contributed by atoms with Crippen molar-refractivity contribution < 1.29 is 9.47 Å². The Bertz CT molecular complexity index is 629. The van der Waals surface area contributed by atoms with Crippen molar-refractivity contribution >= 4 is 5.69 Å². The van der Waals surface area contributed by atoms with E-state index < -0.39 is 0 Å². The summed E-state index contributed by atoms with van der Waals surface area (Å²) >= 11 is 0. The predicted molar refractivity (Wildman–Crippen MR) is 83.1 cm³/mol. The molecule has 0 aliphatic carbocycles. The van der Waals surface area contributed by atoms with Gasteiger partial charge in [-0.1, -0.05) is 0 Å². The Morgan fingerprint density at radius 2 is 1.62 bits per heavy atom. The third kappa shape index (κ3) is 3.24. The zero-order chi connectivity index (χ0) is 15.4. The van der Waals surface area contributed by atoms with Crippen molar-refractivity contribution in [2.45, 2.75) is 26.8 Å². The maximum atomic E-state index is 5.35. The zero-order valence-corrected chi connectivity index (χ0v) is 13.1. The van der Waals surface area contributed by atoms with Crippen LogP contribution in [0.3, 0.4) is 0 Å². The lowest BCUT2D eigenvalue weighted by atomic mass is 10.1. The van der Waals surface area contributed by atoms with E-state index in [1.165, 1.54) is 0 Å². The van der Waals surface area contributed by atoms with Crippen LogP contribution in [0.2, 0.25) is 0 Å². The van der Waals surface area contributed by atoms with Gasteiger partial charge in [0.2, 0.25) is 0 Å². The topological polar surface area (TPSA) is 56.3 Å². The van der Waals surface area contributed by atoms with E-state index in [-0.39, 0.29) is 6.04 Å². The molecule has 1 aromatic heterocycles. The Morgan fingerprint density at radius 1 is 1.00 bits per heavy atom. The van der Waals surface area contributed by atoms with Gasteiger partial charge in [0.05, 0.1) is 31.6 Å². The van der Waals surface area contributed by atoms with Gasteiger partial charge in [0.15, 0.2) is 11.5 Å². The van der Waals surface area contributed by atoms with Crippen molar-refractivity contribution in [2.75, 3.05) is 19.5 Å². The molecule has 0 spiro atoms. The molecule has 2 aromatic rings. The zero-order valence-electron chi connectivity index (χ0n) is 13.1. The quantitative estimate of drug-likeness (QED) is 0.914. The van der Waals surface area contributed by atoms with Crippen LogP contribution in [0.5, 0.6) is 11.5 Å². The number of nitrogens with zero attached hydrogens (tertiary/aromatic N) is 2. The summed E-state index contributed by atoms with van der Waals surface area (Å²) in [5.41, 5.74) is 3.94. The number of hydrogen-bond acceptors (Lipinski definition) is 5. The molecule has 5 nitrogen and oxygen atoms in total. The molecule has 0 aliphatic rings. The van der Waals surface area contributed by atoms with Crippen LogP contribution in [0, 0.1) is 13.8 Å². The van der Waals surface area contributed by atoms with Crippen LogP contribution in [0.4, 0.5) is 5.69 Å². The van der Waals surface area contributed by atoms with Crippen LogP contribution in [0.15, 0.2) is 24.5 Å². The first kappa shape index (κ1) is 15.1. The van der Waals surface area contributed by atoms with E-state index in [0.717, 1.165) is 28.4 Å². The largest absolute Gasteiger partial charge is 0.493 e. The van der Waals surface area contributed by atoms with Crippen molar-refractivity contribution in [3.8, 4) is 11.5 Å². The first-order chi connectivity index (χ1) is 10.1. The van der Waals surface area contributed by atoms with Crippen LogP contribution < -0.4 is 14.8 Å². The Balaban J connectivity index is 2.29. The highest BCUT2D eigenvalue weighted by Gasteiger charge is 2.14. The summed E-state index contributed by atoms with van der Waals surface area (Å²) in [5.74, 6) is 1.43. The summed E-state index contributed by atoms with van der Waals surface area (Å²) in [6.07, 6.45) is 3.41. The molecule has 0 radical (unpaired) electrons. The molecule has 1 aromatic carbocycles. The highest BCUT2D eigenvalue weighted by atomic mass is 16.5. The molecule has 21 heavy (non-hydrogen) atoms. The summed E-state index contributed by atoms with van der Waals surface area (Å²) in [6.45, 7) is 6.05. The number of hydrogen-bond donors (Lipinski definition) is 1. The number of benzene rings is 1. The fraction of sp³-hybridized carbons (Fsp3) is 0.375. The molecule has 0 saturated carbocycles. The van der Waals surface area contributed by atoms with E-state index in [2.05, 4.69) is 22.2 Å². The number of ether oxygens (including phenoxy) is 2. The van der Waals surface area contributed by atoms with E-state index in [4.69, 9.17) is 9.47 Å². The molecule has 0 bridgehead atoms. The number of nitrogens with one attached hydrogen (secondary N) is 1. The molecule has 0 saturated heterocycles. The Kier molecular flexibility index (Phi) is 4.62. The SMILES string of the molecule is COc1cc(C)c(NC(C)c2nccnc2C)cc1OC. The molecule has 1 atom stereocenters. The molecule has 112 valence electrons. The Morgan fingerprint density at radius 3 is 2.24 bits per heavy atom. The molecule has 1 N–H and O–H groups in total. The van der Waals surface area contributed by atoms with E-state index in [9.17, 15) is 0 Å². The fourth-order valence-electron chi connectivity index (χ4n) is 2.28. The summed E-state index contributed by atoms with van der Waals surface area (Å²) in [6, 6.07) is 3.95. The minimum Gasteiger partial charge on any atom is -0.493 e. The lowest BCUT2D eigenvalue weighted by Crippen LogP contribution is -2.12. The van der Waals surface area contributed by atoms with E-state index in [1.807, 2.05) is 26.0 Å². The summed E-state index contributed by atoms with van der Waals surface area (Å²) in [5, 5.41) is 3.46. The van der Waals surface area contributed by atoms with Gasteiger partial charge in [0.1, 0.15) is 0 Å². The molecule has 5 heteroatoms. The van der Waals surface area contributed by atoms with E-state index >= 15 is 0 Å². The lowest BCUT2D eigenvalue weighted by Gasteiger charge is -2.19. The number of aryl methyl sites for hydroxylation is 2. The molecular weight excluding hydrogens is 266 g/mol. The van der Waals surface area contributed by atoms with Crippen LogP contribution in [-0.2, 0) is 0 Å². The number of methoxy groups -OCH3 is 2. The molecule has 1 unspecified atom stereocenters. The normalized spacial score (nSPS) is 11.9. The highest BCUT2D eigenvalue weighted by Crippen LogP contribution is 2.34. The standard InChI is InChI=1S/C16H21N3O2/c1-10-8-14(20-4)15(21-5)9-13(10)19-12(3)16-11(2)17-6-7-18-16/h6-9,12,19H,1-5H3. The van der Waals surface area contributed by atoms with Crippen LogP contribution in [0.1, 0.15) is 29.9 Å². The second-order valence-electron chi connectivity index (χ2n) is 4.92. The molecule has 1 heterocycles. The third-order valence-electron chi connectivity index (χ3n) is 3.43. The second kappa shape index (κ2) is 6.43. The summed E-state index contributed by atoms with van der Waals surface area (Å²) in [7, 11) is 3.27. The van der Waals surface area contributed by atoms with Crippen molar-refractivity contribution in [3.63, 3.8) is 0 Å². The van der Waals surface area contributed by atoms with Gasteiger partial charge < -0.3 is 14.8 Å². The molecule has 2 rings (SSSR count). The highest BCUT2D eigenvalue weighted by molar-refractivity contribution is 5.60. The molecular formula is C16H21N3O2. The monoisotopic (exact) mass is 287 g/mol. The van der Waals surface area contributed by atoms with Crippen LogP contribution >= 0.6 is 0 Å². The summed E-state index contributed by atoms with van der Waals surface area (Å²) in [4.78, 5) is 8.68.